The first kappa shape index (κ1) is 15.4. The van der Waals surface area contributed by atoms with Gasteiger partial charge in [-0.2, -0.15) is 0 Å². The van der Waals surface area contributed by atoms with Crippen molar-refractivity contribution >= 4 is 11.5 Å². The van der Waals surface area contributed by atoms with Gasteiger partial charge in [0.1, 0.15) is 5.82 Å². The maximum atomic E-state index is 13.0. The second kappa shape index (κ2) is 6.18. The maximum absolute atomic E-state index is 13.0. The Morgan fingerprint density at radius 3 is 2.43 bits per heavy atom. The molecule has 5 heteroatoms. The quantitative estimate of drug-likeness (QED) is 0.937. The van der Waals surface area contributed by atoms with Crippen LogP contribution in [0, 0.1) is 5.82 Å². The third-order valence-electron chi connectivity index (χ3n) is 3.03. The highest BCUT2D eigenvalue weighted by Gasteiger charge is 2.11. The number of nitrogens with zero attached hydrogens (tertiary/aromatic N) is 3. The Morgan fingerprint density at radius 1 is 1.14 bits per heavy atom. The fourth-order valence-electron chi connectivity index (χ4n) is 1.79. The Kier molecular flexibility index (Phi) is 4.53. The average molecular weight is 288 g/mol. The van der Waals surface area contributed by atoms with Crippen molar-refractivity contribution in [2.24, 2.45) is 0 Å². The zero-order valence-electron chi connectivity index (χ0n) is 12.9. The van der Waals surface area contributed by atoms with Crippen LogP contribution in [0.2, 0.25) is 0 Å². The summed E-state index contributed by atoms with van der Waals surface area (Å²) in [6, 6.07) is 6.31. The molecular formula is C16H21FN4. The van der Waals surface area contributed by atoms with Gasteiger partial charge in [0.05, 0.1) is 11.9 Å². The van der Waals surface area contributed by atoms with Crippen molar-refractivity contribution in [2.45, 2.75) is 32.9 Å². The van der Waals surface area contributed by atoms with Gasteiger partial charge in [0, 0.05) is 31.0 Å². The van der Waals surface area contributed by atoms with Crippen LogP contribution in [0.5, 0.6) is 0 Å². The van der Waals surface area contributed by atoms with E-state index in [1.54, 1.807) is 24.5 Å². The van der Waals surface area contributed by atoms with Gasteiger partial charge in [0.2, 0.25) is 0 Å². The molecule has 0 atom stereocenters. The summed E-state index contributed by atoms with van der Waals surface area (Å²) in [4.78, 5) is 10.7. The van der Waals surface area contributed by atoms with Gasteiger partial charge in [-0.25, -0.2) is 9.37 Å². The molecule has 112 valence electrons. The molecule has 0 fully saturated rings. The van der Waals surface area contributed by atoms with Crippen LogP contribution in [0.15, 0.2) is 36.7 Å². The van der Waals surface area contributed by atoms with E-state index >= 15 is 0 Å². The minimum absolute atomic E-state index is 0.0283. The number of anilines is 2. The minimum atomic E-state index is -0.249. The van der Waals surface area contributed by atoms with Crippen LogP contribution in [-0.2, 0) is 6.54 Å². The number of aromatic nitrogens is 2. The van der Waals surface area contributed by atoms with Crippen LogP contribution in [0.25, 0.3) is 0 Å². The molecule has 0 radical (unpaired) electrons. The highest BCUT2D eigenvalue weighted by Crippen LogP contribution is 2.21. The molecule has 21 heavy (non-hydrogen) atoms. The van der Waals surface area contributed by atoms with E-state index in [9.17, 15) is 4.39 Å². The van der Waals surface area contributed by atoms with Crippen molar-refractivity contribution in [3.05, 3.63) is 48.2 Å². The molecule has 2 aromatic rings. The van der Waals surface area contributed by atoms with Crippen molar-refractivity contribution < 1.29 is 4.39 Å². The minimum Gasteiger partial charge on any atom is -0.328 e. The summed E-state index contributed by atoms with van der Waals surface area (Å²) in [6.45, 7) is 6.97. The lowest BCUT2D eigenvalue weighted by molar-refractivity contribution is 0.421. The van der Waals surface area contributed by atoms with E-state index < -0.39 is 0 Å². The van der Waals surface area contributed by atoms with Gasteiger partial charge in [-0.3, -0.25) is 4.98 Å². The molecule has 0 aliphatic rings. The summed E-state index contributed by atoms with van der Waals surface area (Å²) in [5, 5.41) is 3.38. The average Bonchev–Trinajstić information content (AvgIpc) is 2.45. The summed E-state index contributed by atoms with van der Waals surface area (Å²) >= 11 is 0. The van der Waals surface area contributed by atoms with Gasteiger partial charge >= 0.3 is 0 Å². The van der Waals surface area contributed by atoms with E-state index in [-0.39, 0.29) is 11.4 Å². The van der Waals surface area contributed by atoms with Gasteiger partial charge in [0.15, 0.2) is 5.82 Å². The Balaban J connectivity index is 2.14. The predicted octanol–water partition coefficient (Wildman–Crippen LogP) is 3.27. The molecule has 4 nitrogen and oxygen atoms in total. The lowest BCUT2D eigenvalue weighted by Gasteiger charge is -2.21. The second-order valence-electron chi connectivity index (χ2n) is 6.01. The number of rotatable bonds is 4. The van der Waals surface area contributed by atoms with Crippen molar-refractivity contribution in [3.63, 3.8) is 0 Å². The molecule has 0 saturated heterocycles. The molecule has 0 bridgehead atoms. The number of halogens is 1. The van der Waals surface area contributed by atoms with E-state index in [2.05, 4.69) is 36.1 Å². The number of hydrogen-bond donors (Lipinski definition) is 1. The SMILES string of the molecule is CN(c1ccc(F)cc1)c1cncc(CNC(C)(C)C)n1. The van der Waals surface area contributed by atoms with E-state index in [1.807, 2.05) is 11.9 Å². The third-order valence-corrected chi connectivity index (χ3v) is 3.03. The zero-order valence-corrected chi connectivity index (χ0v) is 12.9. The molecule has 0 aliphatic carbocycles. The predicted molar refractivity (Wildman–Crippen MR) is 83.1 cm³/mol. The molecule has 2 rings (SSSR count). The van der Waals surface area contributed by atoms with Gasteiger partial charge in [-0.05, 0) is 45.0 Å². The first-order chi connectivity index (χ1) is 9.85. The molecule has 0 unspecified atom stereocenters. The molecule has 0 amide bonds. The molecule has 0 aliphatic heterocycles. The first-order valence-electron chi connectivity index (χ1n) is 6.90. The Labute approximate surface area is 125 Å². The lowest BCUT2D eigenvalue weighted by atomic mass is 10.1. The van der Waals surface area contributed by atoms with Crippen LogP contribution in [0.3, 0.4) is 0 Å². The van der Waals surface area contributed by atoms with Crippen LogP contribution < -0.4 is 10.2 Å². The summed E-state index contributed by atoms with van der Waals surface area (Å²) < 4.78 is 13.0. The Bertz CT molecular complexity index is 590. The van der Waals surface area contributed by atoms with E-state index in [0.29, 0.717) is 6.54 Å². The lowest BCUT2D eigenvalue weighted by Crippen LogP contribution is -2.35. The fraction of sp³-hybridized carbons (Fsp3) is 0.375. The Morgan fingerprint density at radius 2 is 1.81 bits per heavy atom. The maximum Gasteiger partial charge on any atom is 0.151 e. The summed E-state index contributed by atoms with van der Waals surface area (Å²) in [7, 11) is 1.89. The molecule has 1 aromatic carbocycles. The van der Waals surface area contributed by atoms with Crippen molar-refractivity contribution in [1.82, 2.24) is 15.3 Å². The highest BCUT2D eigenvalue weighted by atomic mass is 19.1. The molecule has 1 heterocycles. The summed E-state index contributed by atoms with van der Waals surface area (Å²) in [5.41, 5.74) is 1.77. The van der Waals surface area contributed by atoms with E-state index in [1.165, 1.54) is 12.1 Å². The summed E-state index contributed by atoms with van der Waals surface area (Å²) in [6.07, 6.45) is 3.45. The van der Waals surface area contributed by atoms with Gasteiger partial charge in [-0.15, -0.1) is 0 Å². The van der Waals surface area contributed by atoms with E-state index in [4.69, 9.17) is 0 Å². The van der Waals surface area contributed by atoms with Gasteiger partial charge < -0.3 is 10.2 Å². The molecule has 1 N–H and O–H groups in total. The highest BCUT2D eigenvalue weighted by molar-refractivity contribution is 5.58. The summed E-state index contributed by atoms with van der Waals surface area (Å²) in [5.74, 6) is 0.483. The van der Waals surface area contributed by atoms with Crippen LogP contribution >= 0.6 is 0 Å². The largest absolute Gasteiger partial charge is 0.328 e. The molecule has 0 saturated carbocycles. The van der Waals surface area contributed by atoms with Crippen molar-refractivity contribution in [3.8, 4) is 0 Å². The van der Waals surface area contributed by atoms with Crippen molar-refractivity contribution in [2.75, 3.05) is 11.9 Å². The molecule has 0 spiro atoms. The Hall–Kier alpha value is -2.01. The fourth-order valence-corrected chi connectivity index (χ4v) is 1.79. The monoisotopic (exact) mass is 288 g/mol. The third kappa shape index (κ3) is 4.49. The van der Waals surface area contributed by atoms with Gasteiger partial charge in [-0.1, -0.05) is 0 Å². The van der Waals surface area contributed by atoms with Crippen molar-refractivity contribution in [1.29, 1.82) is 0 Å². The van der Waals surface area contributed by atoms with Crippen LogP contribution in [0.4, 0.5) is 15.9 Å². The number of hydrogen-bond acceptors (Lipinski definition) is 4. The van der Waals surface area contributed by atoms with E-state index in [0.717, 1.165) is 17.2 Å². The standard InChI is InChI=1S/C16H21FN4/c1-16(2,3)19-10-13-9-18-11-15(20-13)21(4)14-7-5-12(17)6-8-14/h5-9,11,19H,10H2,1-4H3. The topological polar surface area (TPSA) is 41.1 Å². The normalized spacial score (nSPS) is 11.5. The van der Waals surface area contributed by atoms with Crippen LogP contribution in [-0.4, -0.2) is 22.6 Å². The second-order valence-corrected chi connectivity index (χ2v) is 6.01. The van der Waals surface area contributed by atoms with Crippen LogP contribution in [0.1, 0.15) is 26.5 Å². The molecular weight excluding hydrogens is 267 g/mol. The number of nitrogens with one attached hydrogen (secondary N) is 1. The zero-order chi connectivity index (χ0) is 15.5. The smallest absolute Gasteiger partial charge is 0.151 e. The first-order valence-corrected chi connectivity index (χ1v) is 6.90. The number of benzene rings is 1. The van der Waals surface area contributed by atoms with Gasteiger partial charge in [0.25, 0.3) is 0 Å². The molecule has 1 aromatic heterocycles.